The molecule has 4 rings (SSSR count). The molecule has 0 spiro atoms. The van der Waals surface area contributed by atoms with E-state index in [0.29, 0.717) is 48.3 Å². The van der Waals surface area contributed by atoms with Gasteiger partial charge in [-0.3, -0.25) is 0 Å². The minimum absolute atomic E-state index is 0.00106. The summed E-state index contributed by atoms with van der Waals surface area (Å²) in [5.74, 6) is 2.44. The summed E-state index contributed by atoms with van der Waals surface area (Å²) in [6, 6.07) is 0. The van der Waals surface area contributed by atoms with Gasteiger partial charge in [-0.15, -0.1) is 0 Å². The number of hydrogen-bond donors (Lipinski definition) is 2. The Balaban J connectivity index is 1.33. The van der Waals surface area contributed by atoms with Crippen LogP contribution in [0.25, 0.3) is 0 Å². The summed E-state index contributed by atoms with van der Waals surface area (Å²) in [6.45, 7) is 17.5. The molecular formula is C50H86O12. The van der Waals surface area contributed by atoms with Crippen LogP contribution in [0.15, 0.2) is 47.6 Å². The van der Waals surface area contributed by atoms with Crippen LogP contribution in [-0.2, 0) is 47.4 Å². The summed E-state index contributed by atoms with van der Waals surface area (Å²) in [5, 5.41) is 22.4. The molecule has 20 atom stereocenters. The van der Waals surface area contributed by atoms with Crippen molar-refractivity contribution in [2.24, 2.45) is 47.3 Å². The van der Waals surface area contributed by atoms with E-state index in [0.717, 1.165) is 36.8 Å². The van der Waals surface area contributed by atoms with Gasteiger partial charge in [-0.2, -0.15) is 0 Å². The molecule has 0 radical (unpaired) electrons. The second-order valence-electron chi connectivity index (χ2n) is 18.6. The first-order valence-electron chi connectivity index (χ1n) is 23.5. The van der Waals surface area contributed by atoms with Crippen LogP contribution in [0.4, 0.5) is 0 Å². The lowest BCUT2D eigenvalue weighted by molar-refractivity contribution is -0.274. The number of aliphatic hydroxyl groups is 2. The van der Waals surface area contributed by atoms with Crippen LogP contribution in [0.2, 0.25) is 0 Å². The standard InChI is InChI=1S/C50H86O12/c1-15-39(53-9)33(7)35-25-37(35)45(51)29(3)19-17-21-31(5)47-41(55-11)27-43(57-13)50(62-47)60-24-23-59-49-42(56-12)28-44(58-14)61-48(49)32(6)22-18-20-30(4)46(52)38-26-36(38)34(8)40(16-2)54-10/h17-22,29-30,33-52H,15-16,23-28H2,1-14H3/b19-17+,20-18+,31-21+,32-22+/t29-,30-,33-,34-,35+,36+,37?,38?,39-,40-,41+,42-,43+,44+,45+,46+,47-,48-,49-,50+/m0/s1. The van der Waals surface area contributed by atoms with Crippen molar-refractivity contribution in [2.75, 3.05) is 55.9 Å². The maximum atomic E-state index is 11.2. The summed E-state index contributed by atoms with van der Waals surface area (Å²) >= 11 is 0. The topological polar surface area (TPSA) is 133 Å². The Kier molecular flexibility index (Phi) is 22.3. The molecule has 2 aliphatic heterocycles. The van der Waals surface area contributed by atoms with Gasteiger partial charge in [-0.05, 0) is 86.2 Å². The quantitative estimate of drug-likeness (QED) is 0.0619. The molecule has 2 heterocycles. The molecular weight excluding hydrogens is 793 g/mol. The van der Waals surface area contributed by atoms with Gasteiger partial charge in [0.1, 0.15) is 24.4 Å². The van der Waals surface area contributed by atoms with Crippen molar-refractivity contribution >= 4 is 0 Å². The van der Waals surface area contributed by atoms with E-state index in [1.807, 2.05) is 38.2 Å². The molecule has 2 N–H and O–H groups in total. The molecule has 2 saturated heterocycles. The maximum absolute atomic E-state index is 11.2. The molecule has 0 aromatic rings. The SMILES string of the molecule is CC[C@H](OC)[C@@H](C)[C@H]1CC1[C@H](O)[C@@H](C)/C=C/C=C(\C)[C@@H]1O[C@@H](OC)C[C@H](OC)[C@@H]1OCCO[C@@H]1O[C@@H](/C(C)=C/C=C/[C@H](C)[C@@H](O)C2C[C@@H]2[C@H](C)[C@H](CC)OC)[C@H](OC)C[C@H]1OC. The number of allylic oxidation sites excluding steroid dienone is 4. The average molecular weight is 879 g/mol. The monoisotopic (exact) mass is 879 g/mol. The molecule has 12 nitrogen and oxygen atoms in total. The van der Waals surface area contributed by atoms with Crippen LogP contribution in [-0.4, -0.2) is 140 Å². The number of aliphatic hydroxyl groups excluding tert-OH is 2. The van der Waals surface area contributed by atoms with Crippen molar-refractivity contribution in [3.05, 3.63) is 47.6 Å². The lowest BCUT2D eigenvalue weighted by Gasteiger charge is -2.41. The van der Waals surface area contributed by atoms with Crippen LogP contribution >= 0.6 is 0 Å². The van der Waals surface area contributed by atoms with Crippen LogP contribution in [0, 0.1) is 47.3 Å². The number of ether oxygens (including phenoxy) is 10. The summed E-state index contributed by atoms with van der Waals surface area (Å²) in [7, 11) is 10.2. The lowest BCUT2D eigenvalue weighted by atomic mass is 9.91. The van der Waals surface area contributed by atoms with Crippen LogP contribution < -0.4 is 0 Å². The van der Waals surface area contributed by atoms with Gasteiger partial charge in [-0.1, -0.05) is 78.0 Å². The fraction of sp³-hybridized carbons (Fsp3) is 0.840. The molecule has 2 saturated carbocycles. The van der Waals surface area contributed by atoms with E-state index >= 15 is 0 Å². The van der Waals surface area contributed by atoms with Gasteiger partial charge >= 0.3 is 0 Å². The van der Waals surface area contributed by atoms with E-state index in [9.17, 15) is 10.2 Å². The zero-order valence-electron chi connectivity index (χ0n) is 40.6. The van der Waals surface area contributed by atoms with Gasteiger partial charge in [0, 0.05) is 67.3 Å². The Morgan fingerprint density at radius 3 is 1.52 bits per heavy atom. The first kappa shape index (κ1) is 53.1. The van der Waals surface area contributed by atoms with Crippen molar-refractivity contribution in [1.82, 2.24) is 0 Å². The molecule has 4 fully saturated rings. The third-order valence-electron chi connectivity index (χ3n) is 14.7. The van der Waals surface area contributed by atoms with Crippen LogP contribution in [0.3, 0.4) is 0 Å². The zero-order valence-corrected chi connectivity index (χ0v) is 40.6. The molecule has 12 heteroatoms. The second-order valence-corrected chi connectivity index (χ2v) is 18.6. The van der Waals surface area contributed by atoms with Gasteiger partial charge in [0.15, 0.2) is 12.6 Å². The molecule has 0 aromatic heterocycles. The molecule has 4 aliphatic rings. The third kappa shape index (κ3) is 14.0. The van der Waals surface area contributed by atoms with E-state index in [1.165, 1.54) is 0 Å². The maximum Gasteiger partial charge on any atom is 0.184 e. The Morgan fingerprint density at radius 2 is 1.06 bits per heavy atom. The summed E-state index contributed by atoms with van der Waals surface area (Å²) in [6.07, 6.45) is 14.0. The Bertz CT molecular complexity index is 1410. The smallest absolute Gasteiger partial charge is 0.184 e. The molecule has 0 amide bonds. The van der Waals surface area contributed by atoms with Crippen molar-refractivity contribution in [3.63, 3.8) is 0 Å². The highest BCUT2D eigenvalue weighted by molar-refractivity contribution is 5.20. The summed E-state index contributed by atoms with van der Waals surface area (Å²) in [4.78, 5) is 0. The van der Waals surface area contributed by atoms with E-state index in [1.54, 1.807) is 42.7 Å². The van der Waals surface area contributed by atoms with E-state index < -0.39 is 37.0 Å². The van der Waals surface area contributed by atoms with E-state index in [-0.39, 0.29) is 61.7 Å². The van der Waals surface area contributed by atoms with Crippen LogP contribution in [0.5, 0.6) is 0 Å². The van der Waals surface area contributed by atoms with Gasteiger partial charge < -0.3 is 57.6 Å². The highest BCUT2D eigenvalue weighted by atomic mass is 16.7. The number of hydrogen-bond acceptors (Lipinski definition) is 12. The highest BCUT2D eigenvalue weighted by Crippen LogP contribution is 2.51. The fourth-order valence-electron chi connectivity index (χ4n) is 10.4. The fourth-order valence-corrected chi connectivity index (χ4v) is 10.4. The minimum atomic E-state index is -0.637. The molecule has 2 aliphatic carbocycles. The largest absolute Gasteiger partial charge is 0.392 e. The van der Waals surface area contributed by atoms with E-state index in [4.69, 9.17) is 47.4 Å². The van der Waals surface area contributed by atoms with E-state index in [2.05, 4.69) is 53.7 Å². The molecule has 358 valence electrons. The first-order valence-corrected chi connectivity index (χ1v) is 23.5. The van der Waals surface area contributed by atoms with Crippen molar-refractivity contribution < 1.29 is 57.6 Å². The van der Waals surface area contributed by atoms with Crippen molar-refractivity contribution in [3.8, 4) is 0 Å². The predicted octanol–water partition coefficient (Wildman–Crippen LogP) is 7.70. The first-order chi connectivity index (χ1) is 29.7. The molecule has 2 unspecified atom stereocenters. The Morgan fingerprint density at radius 1 is 0.581 bits per heavy atom. The normalized spacial score (nSPS) is 36.0. The lowest BCUT2D eigenvalue weighted by Crippen LogP contribution is -2.52. The van der Waals surface area contributed by atoms with Gasteiger partial charge in [-0.25, -0.2) is 0 Å². The summed E-state index contributed by atoms with van der Waals surface area (Å²) in [5.41, 5.74) is 1.96. The zero-order chi connectivity index (χ0) is 45.7. The highest BCUT2D eigenvalue weighted by Gasteiger charge is 2.49. The molecule has 0 bridgehead atoms. The molecule has 62 heavy (non-hydrogen) atoms. The third-order valence-corrected chi connectivity index (χ3v) is 14.7. The number of methoxy groups -OCH3 is 6. The Labute approximate surface area is 375 Å². The summed E-state index contributed by atoms with van der Waals surface area (Å²) < 4.78 is 60.5. The minimum Gasteiger partial charge on any atom is -0.392 e. The van der Waals surface area contributed by atoms with Gasteiger partial charge in [0.2, 0.25) is 0 Å². The van der Waals surface area contributed by atoms with Crippen molar-refractivity contribution in [2.45, 2.75) is 168 Å². The van der Waals surface area contributed by atoms with Gasteiger partial charge in [0.05, 0.1) is 49.8 Å². The Hall–Kier alpha value is -1.52. The predicted molar refractivity (Wildman–Crippen MR) is 241 cm³/mol. The van der Waals surface area contributed by atoms with Gasteiger partial charge in [0.25, 0.3) is 0 Å². The van der Waals surface area contributed by atoms with Crippen molar-refractivity contribution in [1.29, 1.82) is 0 Å². The second kappa shape index (κ2) is 26.0. The van der Waals surface area contributed by atoms with Crippen LogP contribution in [0.1, 0.15) is 93.9 Å². The average Bonchev–Trinajstić information content (AvgIpc) is 4.23. The number of rotatable bonds is 27. The molecule has 0 aromatic carbocycles.